The van der Waals surface area contributed by atoms with Crippen LogP contribution in [-0.2, 0) is 11.3 Å². The number of aryl methyl sites for hydroxylation is 2. The Kier molecular flexibility index (Phi) is 7.79. The third-order valence-corrected chi connectivity index (χ3v) is 6.73. The lowest BCUT2D eigenvalue weighted by molar-refractivity contribution is -0.138. The molecule has 178 valence electrons. The minimum Gasteiger partial charge on any atom is -0.481 e. The zero-order valence-corrected chi connectivity index (χ0v) is 20.7. The second kappa shape index (κ2) is 11.2. The summed E-state index contributed by atoms with van der Waals surface area (Å²) in [5.74, 6) is -0.800. The fraction of sp³-hybridized carbons (Fsp3) is 0.219. The van der Waals surface area contributed by atoms with Gasteiger partial charge in [0.1, 0.15) is 0 Å². The van der Waals surface area contributed by atoms with Gasteiger partial charge >= 0.3 is 5.97 Å². The van der Waals surface area contributed by atoms with Crippen molar-refractivity contribution in [3.05, 3.63) is 131 Å². The fourth-order valence-corrected chi connectivity index (χ4v) is 4.79. The first-order valence-corrected chi connectivity index (χ1v) is 12.2. The molecule has 0 radical (unpaired) electrons. The van der Waals surface area contributed by atoms with Gasteiger partial charge in [0.15, 0.2) is 0 Å². The summed E-state index contributed by atoms with van der Waals surface area (Å²) in [5.41, 5.74) is 8.07. The molecule has 4 aromatic carbocycles. The van der Waals surface area contributed by atoms with Gasteiger partial charge in [-0.1, -0.05) is 103 Å². The van der Waals surface area contributed by atoms with Gasteiger partial charge in [0, 0.05) is 18.6 Å². The Morgan fingerprint density at radius 2 is 1.46 bits per heavy atom. The Labute approximate surface area is 208 Å². The molecule has 2 unspecified atom stereocenters. The fourth-order valence-electron chi connectivity index (χ4n) is 4.79. The topological polar surface area (TPSA) is 40.5 Å². The van der Waals surface area contributed by atoms with E-state index in [4.69, 9.17) is 0 Å². The van der Waals surface area contributed by atoms with Gasteiger partial charge in [-0.25, -0.2) is 0 Å². The zero-order chi connectivity index (χ0) is 24.8. The van der Waals surface area contributed by atoms with Crippen molar-refractivity contribution in [1.82, 2.24) is 4.90 Å². The number of carboxylic acids is 1. The van der Waals surface area contributed by atoms with E-state index in [2.05, 4.69) is 92.4 Å². The number of aliphatic carboxylic acids is 1. The van der Waals surface area contributed by atoms with Crippen molar-refractivity contribution in [2.75, 3.05) is 0 Å². The molecular weight excluding hydrogens is 430 g/mol. The number of nitrogens with zero attached hydrogens (tertiary/aromatic N) is 1. The molecule has 0 aliphatic carbocycles. The summed E-state index contributed by atoms with van der Waals surface area (Å²) in [4.78, 5) is 14.4. The highest BCUT2D eigenvalue weighted by atomic mass is 16.4. The minimum absolute atomic E-state index is 0.0280. The van der Waals surface area contributed by atoms with Gasteiger partial charge in [0.2, 0.25) is 0 Å². The lowest BCUT2D eigenvalue weighted by atomic mass is 9.92. The van der Waals surface area contributed by atoms with Crippen molar-refractivity contribution in [2.45, 2.75) is 45.8 Å². The molecule has 0 spiro atoms. The Morgan fingerprint density at radius 1 is 0.800 bits per heavy atom. The van der Waals surface area contributed by atoms with E-state index in [9.17, 15) is 9.90 Å². The van der Waals surface area contributed by atoms with E-state index < -0.39 is 5.97 Å². The van der Waals surface area contributed by atoms with E-state index in [-0.39, 0.29) is 18.5 Å². The number of carbonyl (C=O) groups is 1. The first kappa shape index (κ1) is 24.4. The summed E-state index contributed by atoms with van der Waals surface area (Å²) in [7, 11) is 0. The van der Waals surface area contributed by atoms with Gasteiger partial charge in [-0.05, 0) is 60.2 Å². The minimum atomic E-state index is -0.800. The molecule has 4 aromatic rings. The van der Waals surface area contributed by atoms with Crippen LogP contribution in [0.3, 0.4) is 0 Å². The molecule has 2 atom stereocenters. The third kappa shape index (κ3) is 6.06. The molecule has 0 saturated heterocycles. The highest BCUT2D eigenvalue weighted by Crippen LogP contribution is 2.36. The molecule has 0 amide bonds. The number of benzene rings is 4. The quantitative estimate of drug-likeness (QED) is 0.276. The van der Waals surface area contributed by atoms with Crippen LogP contribution in [0, 0.1) is 13.8 Å². The van der Waals surface area contributed by atoms with E-state index in [1.54, 1.807) is 0 Å². The van der Waals surface area contributed by atoms with Crippen molar-refractivity contribution < 1.29 is 9.90 Å². The molecule has 0 aromatic heterocycles. The second-order valence-corrected chi connectivity index (χ2v) is 9.30. The van der Waals surface area contributed by atoms with Crippen molar-refractivity contribution in [3.8, 4) is 11.1 Å². The summed E-state index contributed by atoms with van der Waals surface area (Å²) in [6.07, 6.45) is 0.0280. The molecule has 0 bridgehead atoms. The van der Waals surface area contributed by atoms with Crippen LogP contribution in [0.25, 0.3) is 11.1 Å². The van der Waals surface area contributed by atoms with Crippen LogP contribution in [0.2, 0.25) is 0 Å². The smallest absolute Gasteiger partial charge is 0.305 e. The van der Waals surface area contributed by atoms with Crippen LogP contribution in [0.4, 0.5) is 0 Å². The van der Waals surface area contributed by atoms with Gasteiger partial charge in [0.05, 0.1) is 6.42 Å². The van der Waals surface area contributed by atoms with Gasteiger partial charge in [0.25, 0.3) is 0 Å². The molecule has 3 nitrogen and oxygen atoms in total. The summed E-state index contributed by atoms with van der Waals surface area (Å²) in [6, 6.07) is 35.3. The maximum absolute atomic E-state index is 12.1. The van der Waals surface area contributed by atoms with Crippen LogP contribution in [0.15, 0.2) is 103 Å². The molecule has 0 heterocycles. The van der Waals surface area contributed by atoms with E-state index in [0.717, 1.165) is 16.7 Å². The van der Waals surface area contributed by atoms with Gasteiger partial charge in [-0.2, -0.15) is 0 Å². The van der Waals surface area contributed by atoms with Crippen LogP contribution in [-0.4, -0.2) is 16.0 Å². The van der Waals surface area contributed by atoms with Crippen LogP contribution in [0.1, 0.15) is 53.2 Å². The van der Waals surface area contributed by atoms with Crippen molar-refractivity contribution in [3.63, 3.8) is 0 Å². The average Bonchev–Trinajstić information content (AvgIpc) is 2.88. The van der Waals surface area contributed by atoms with E-state index in [1.165, 1.54) is 22.3 Å². The lowest BCUT2D eigenvalue weighted by Gasteiger charge is -2.37. The Morgan fingerprint density at radius 3 is 2.14 bits per heavy atom. The van der Waals surface area contributed by atoms with E-state index in [1.807, 2.05) is 36.4 Å². The normalized spacial score (nSPS) is 12.9. The van der Waals surface area contributed by atoms with Gasteiger partial charge < -0.3 is 5.11 Å². The number of carboxylic acid groups (broad SMARTS) is 1. The van der Waals surface area contributed by atoms with Gasteiger partial charge in [-0.15, -0.1) is 0 Å². The monoisotopic (exact) mass is 463 g/mol. The number of hydrogen-bond donors (Lipinski definition) is 1. The SMILES string of the molecule is Cc1ccc(C)c(-c2cccc(C(CC(=O)O)N(Cc3ccccc3)C(C)c3ccccc3)c2)c1. The Balaban J connectivity index is 1.80. The van der Waals surface area contributed by atoms with Crippen molar-refractivity contribution in [1.29, 1.82) is 0 Å². The van der Waals surface area contributed by atoms with Crippen molar-refractivity contribution >= 4 is 5.97 Å². The summed E-state index contributed by atoms with van der Waals surface area (Å²) in [5, 5.41) is 9.95. The van der Waals surface area contributed by atoms with E-state index >= 15 is 0 Å². The third-order valence-electron chi connectivity index (χ3n) is 6.73. The molecule has 1 N–H and O–H groups in total. The highest BCUT2D eigenvalue weighted by Gasteiger charge is 2.28. The first-order valence-electron chi connectivity index (χ1n) is 12.2. The Hall–Kier alpha value is -3.69. The second-order valence-electron chi connectivity index (χ2n) is 9.30. The average molecular weight is 464 g/mol. The first-order chi connectivity index (χ1) is 16.9. The summed E-state index contributed by atoms with van der Waals surface area (Å²) < 4.78 is 0. The molecule has 0 saturated carbocycles. The zero-order valence-electron chi connectivity index (χ0n) is 20.7. The molecule has 0 aliphatic heterocycles. The van der Waals surface area contributed by atoms with Crippen molar-refractivity contribution in [2.24, 2.45) is 0 Å². The maximum atomic E-state index is 12.1. The lowest BCUT2D eigenvalue weighted by Crippen LogP contribution is -2.32. The standard InChI is InChI=1S/C32H33NO2/c1-23-17-18-24(2)30(19-23)28-15-10-16-29(20-28)31(21-32(34)35)33(22-26-11-6-4-7-12-26)25(3)27-13-8-5-9-14-27/h4-20,25,31H,21-22H2,1-3H3,(H,34,35). The summed E-state index contributed by atoms with van der Waals surface area (Å²) in [6.45, 7) is 7.04. The molecule has 4 rings (SSSR count). The maximum Gasteiger partial charge on any atom is 0.305 e. The van der Waals surface area contributed by atoms with Crippen LogP contribution in [0.5, 0.6) is 0 Å². The molecule has 0 aliphatic rings. The van der Waals surface area contributed by atoms with Crippen LogP contribution < -0.4 is 0 Å². The van der Waals surface area contributed by atoms with Gasteiger partial charge in [-0.3, -0.25) is 9.69 Å². The molecule has 0 fully saturated rings. The summed E-state index contributed by atoms with van der Waals surface area (Å²) >= 11 is 0. The highest BCUT2D eigenvalue weighted by molar-refractivity contribution is 5.70. The molecular formula is C32H33NO2. The molecule has 35 heavy (non-hydrogen) atoms. The largest absolute Gasteiger partial charge is 0.481 e. The van der Waals surface area contributed by atoms with Crippen LogP contribution >= 0.6 is 0 Å². The van der Waals surface area contributed by atoms with E-state index in [0.29, 0.717) is 6.54 Å². The number of rotatable bonds is 9. The molecule has 3 heteroatoms. The predicted octanol–water partition coefficient (Wildman–Crippen LogP) is 7.75. The predicted molar refractivity (Wildman–Crippen MR) is 143 cm³/mol. The number of hydrogen-bond acceptors (Lipinski definition) is 2. The Bertz CT molecular complexity index is 1270.